The van der Waals surface area contributed by atoms with Gasteiger partial charge >= 0.3 is 0 Å². The zero-order valence-corrected chi connectivity index (χ0v) is 10.00. The largest absolute Gasteiger partial charge is 0.392 e. The number of hydrogen-bond acceptors (Lipinski definition) is 2. The maximum atomic E-state index is 13.6. The molecule has 0 fully saturated rings. The second kappa shape index (κ2) is 6.67. The summed E-state index contributed by atoms with van der Waals surface area (Å²) in [5.41, 5.74) is 5.85. The summed E-state index contributed by atoms with van der Waals surface area (Å²) in [6.45, 7) is 2.16. The molecule has 1 aromatic carbocycles. The molecule has 3 N–H and O–H groups in total. The lowest BCUT2D eigenvalue weighted by Gasteiger charge is -2.22. The number of benzene rings is 1. The van der Waals surface area contributed by atoms with Crippen LogP contribution in [-0.4, -0.2) is 17.8 Å². The molecular formula is C13H19F2NO. The van der Waals surface area contributed by atoms with Crippen molar-refractivity contribution in [3.63, 3.8) is 0 Å². The van der Waals surface area contributed by atoms with Gasteiger partial charge in [-0.2, -0.15) is 0 Å². The summed E-state index contributed by atoms with van der Waals surface area (Å²) >= 11 is 0. The van der Waals surface area contributed by atoms with Gasteiger partial charge in [0.1, 0.15) is 11.6 Å². The molecule has 0 amide bonds. The van der Waals surface area contributed by atoms with Crippen LogP contribution >= 0.6 is 0 Å². The minimum absolute atomic E-state index is 0.146. The Morgan fingerprint density at radius 1 is 1.35 bits per heavy atom. The predicted octanol–water partition coefficient (Wildman–Crippen LogP) is 2.56. The number of aliphatic hydroxyl groups is 1. The number of halogens is 2. The van der Waals surface area contributed by atoms with Crippen molar-refractivity contribution in [1.82, 2.24) is 0 Å². The van der Waals surface area contributed by atoms with Crippen LogP contribution in [0.5, 0.6) is 0 Å². The van der Waals surface area contributed by atoms with Crippen LogP contribution in [0.4, 0.5) is 8.78 Å². The average Bonchev–Trinajstić information content (AvgIpc) is 2.30. The van der Waals surface area contributed by atoms with Gasteiger partial charge in [0.05, 0.1) is 6.10 Å². The standard InChI is InChI=1S/C13H19F2NO/c1-2-3-4-13(17)11(8-16)10-6-5-9(14)7-12(10)15/h5-7,11,13,17H,2-4,8,16H2,1H3. The fraction of sp³-hybridized carbons (Fsp3) is 0.538. The maximum absolute atomic E-state index is 13.6. The quantitative estimate of drug-likeness (QED) is 0.806. The van der Waals surface area contributed by atoms with Gasteiger partial charge < -0.3 is 10.8 Å². The Bertz CT molecular complexity index is 357. The van der Waals surface area contributed by atoms with E-state index in [0.717, 1.165) is 18.9 Å². The molecule has 1 aromatic rings. The van der Waals surface area contributed by atoms with E-state index in [1.807, 2.05) is 6.92 Å². The Balaban J connectivity index is 2.85. The van der Waals surface area contributed by atoms with Crippen LogP contribution < -0.4 is 5.73 Å². The van der Waals surface area contributed by atoms with Crippen molar-refractivity contribution in [1.29, 1.82) is 0 Å². The number of hydrogen-bond donors (Lipinski definition) is 2. The van der Waals surface area contributed by atoms with E-state index >= 15 is 0 Å². The van der Waals surface area contributed by atoms with Crippen molar-refractivity contribution in [3.05, 3.63) is 35.4 Å². The number of rotatable bonds is 6. The first kappa shape index (κ1) is 14.1. The average molecular weight is 243 g/mol. The van der Waals surface area contributed by atoms with Gasteiger partial charge in [-0.1, -0.05) is 25.8 Å². The molecular weight excluding hydrogens is 224 g/mol. The van der Waals surface area contributed by atoms with E-state index in [-0.39, 0.29) is 12.1 Å². The number of nitrogens with two attached hydrogens (primary N) is 1. The molecule has 0 radical (unpaired) electrons. The molecule has 1 rings (SSSR count). The summed E-state index contributed by atoms with van der Waals surface area (Å²) in [6, 6.07) is 3.37. The lowest BCUT2D eigenvalue weighted by Crippen LogP contribution is -2.26. The first-order valence-electron chi connectivity index (χ1n) is 5.93. The monoisotopic (exact) mass is 243 g/mol. The molecule has 0 bridgehead atoms. The minimum atomic E-state index is -0.681. The van der Waals surface area contributed by atoms with Crippen molar-refractivity contribution >= 4 is 0 Å². The maximum Gasteiger partial charge on any atom is 0.129 e. The van der Waals surface area contributed by atoms with Gasteiger partial charge in [0, 0.05) is 18.5 Å². The van der Waals surface area contributed by atoms with Gasteiger partial charge in [0.25, 0.3) is 0 Å². The van der Waals surface area contributed by atoms with E-state index in [1.54, 1.807) is 0 Å². The molecule has 0 aliphatic carbocycles. The molecule has 4 heteroatoms. The zero-order valence-electron chi connectivity index (χ0n) is 10.00. The number of unbranched alkanes of at least 4 members (excludes halogenated alkanes) is 1. The summed E-state index contributed by atoms with van der Waals surface area (Å²) in [4.78, 5) is 0. The highest BCUT2D eigenvalue weighted by atomic mass is 19.1. The summed E-state index contributed by atoms with van der Waals surface area (Å²) < 4.78 is 26.3. The zero-order chi connectivity index (χ0) is 12.8. The third-order valence-electron chi connectivity index (χ3n) is 2.93. The van der Waals surface area contributed by atoms with Crippen LogP contribution in [0.3, 0.4) is 0 Å². The molecule has 0 aliphatic heterocycles. The van der Waals surface area contributed by atoms with Gasteiger partial charge in [-0.25, -0.2) is 8.78 Å². The van der Waals surface area contributed by atoms with Crippen LogP contribution in [0.15, 0.2) is 18.2 Å². The highest BCUT2D eigenvalue weighted by molar-refractivity contribution is 5.24. The highest BCUT2D eigenvalue weighted by Crippen LogP contribution is 2.25. The molecule has 2 unspecified atom stereocenters. The highest BCUT2D eigenvalue weighted by Gasteiger charge is 2.22. The molecule has 2 nitrogen and oxygen atoms in total. The molecule has 17 heavy (non-hydrogen) atoms. The fourth-order valence-corrected chi connectivity index (χ4v) is 1.91. The Hall–Kier alpha value is -1.00. The van der Waals surface area contributed by atoms with E-state index in [9.17, 15) is 13.9 Å². The second-order valence-corrected chi connectivity index (χ2v) is 4.22. The van der Waals surface area contributed by atoms with Gasteiger partial charge in [-0.05, 0) is 18.1 Å². The minimum Gasteiger partial charge on any atom is -0.392 e. The van der Waals surface area contributed by atoms with Crippen molar-refractivity contribution in [3.8, 4) is 0 Å². The Morgan fingerprint density at radius 3 is 2.59 bits per heavy atom. The summed E-state index contributed by atoms with van der Waals surface area (Å²) in [5, 5.41) is 9.95. The molecule has 0 aliphatic rings. The predicted molar refractivity (Wildman–Crippen MR) is 63.7 cm³/mol. The molecule has 0 saturated carbocycles. The van der Waals surface area contributed by atoms with E-state index in [0.29, 0.717) is 6.42 Å². The molecule has 96 valence electrons. The van der Waals surface area contributed by atoms with E-state index in [2.05, 4.69) is 0 Å². The van der Waals surface area contributed by atoms with Crippen molar-refractivity contribution in [2.24, 2.45) is 5.73 Å². The third kappa shape index (κ3) is 3.75. The first-order valence-corrected chi connectivity index (χ1v) is 5.93. The summed E-state index contributed by atoms with van der Waals surface area (Å²) in [6.07, 6.45) is 1.72. The Kier molecular flexibility index (Phi) is 5.51. The van der Waals surface area contributed by atoms with Crippen LogP contribution in [0.25, 0.3) is 0 Å². The van der Waals surface area contributed by atoms with Crippen molar-refractivity contribution in [2.45, 2.75) is 38.2 Å². The normalized spacial score (nSPS) is 14.6. The van der Waals surface area contributed by atoms with E-state index in [4.69, 9.17) is 5.73 Å². The molecule has 0 aromatic heterocycles. The Labute approximate surface area is 100 Å². The van der Waals surface area contributed by atoms with Gasteiger partial charge in [0.15, 0.2) is 0 Å². The molecule has 2 atom stereocenters. The van der Waals surface area contributed by atoms with Crippen molar-refractivity contribution < 1.29 is 13.9 Å². The molecule has 0 spiro atoms. The van der Waals surface area contributed by atoms with Gasteiger partial charge in [0.2, 0.25) is 0 Å². The van der Waals surface area contributed by atoms with Crippen LogP contribution in [0, 0.1) is 11.6 Å². The lowest BCUT2D eigenvalue weighted by atomic mass is 9.90. The van der Waals surface area contributed by atoms with Crippen LogP contribution in [0.1, 0.15) is 37.7 Å². The van der Waals surface area contributed by atoms with Gasteiger partial charge in [-0.15, -0.1) is 0 Å². The first-order chi connectivity index (χ1) is 8.10. The molecule has 0 saturated heterocycles. The smallest absolute Gasteiger partial charge is 0.129 e. The molecule has 0 heterocycles. The lowest BCUT2D eigenvalue weighted by molar-refractivity contribution is 0.131. The van der Waals surface area contributed by atoms with E-state index in [1.165, 1.54) is 12.1 Å². The number of aliphatic hydroxyl groups excluding tert-OH is 1. The summed E-state index contributed by atoms with van der Waals surface area (Å²) in [5.74, 6) is -1.73. The fourth-order valence-electron chi connectivity index (χ4n) is 1.91. The van der Waals surface area contributed by atoms with Crippen molar-refractivity contribution in [2.75, 3.05) is 6.54 Å². The van der Waals surface area contributed by atoms with Crippen LogP contribution in [0.2, 0.25) is 0 Å². The van der Waals surface area contributed by atoms with Gasteiger partial charge in [-0.3, -0.25) is 0 Å². The SMILES string of the molecule is CCCCC(O)C(CN)c1ccc(F)cc1F. The topological polar surface area (TPSA) is 46.2 Å². The Morgan fingerprint density at radius 2 is 2.06 bits per heavy atom. The second-order valence-electron chi connectivity index (χ2n) is 4.22. The van der Waals surface area contributed by atoms with E-state index < -0.39 is 23.7 Å². The third-order valence-corrected chi connectivity index (χ3v) is 2.93. The summed E-state index contributed by atoms with van der Waals surface area (Å²) in [7, 11) is 0. The van der Waals surface area contributed by atoms with Crippen LogP contribution in [-0.2, 0) is 0 Å².